The number of aryl methyl sites for hydroxylation is 1. The Morgan fingerprint density at radius 1 is 1.20 bits per heavy atom. The lowest BCUT2D eigenvalue weighted by atomic mass is 10.0. The SMILES string of the molecule is CCNC(=NCC(C)c1ccccc1)NCCn1cnnc1CC.I. The van der Waals surface area contributed by atoms with Crippen molar-refractivity contribution in [1.82, 2.24) is 25.4 Å². The highest BCUT2D eigenvalue weighted by Gasteiger charge is 2.05. The topological polar surface area (TPSA) is 67.1 Å². The van der Waals surface area contributed by atoms with E-state index in [9.17, 15) is 0 Å². The van der Waals surface area contributed by atoms with Crippen molar-refractivity contribution in [2.75, 3.05) is 19.6 Å². The van der Waals surface area contributed by atoms with Gasteiger partial charge >= 0.3 is 0 Å². The molecule has 1 atom stereocenters. The first-order valence-electron chi connectivity index (χ1n) is 8.68. The Morgan fingerprint density at radius 2 is 1.96 bits per heavy atom. The average Bonchev–Trinajstić information content (AvgIpc) is 3.07. The monoisotopic (exact) mass is 456 g/mol. The van der Waals surface area contributed by atoms with Crippen LogP contribution >= 0.6 is 24.0 Å². The van der Waals surface area contributed by atoms with Gasteiger partial charge in [0, 0.05) is 38.5 Å². The maximum atomic E-state index is 4.71. The molecule has 0 aliphatic heterocycles. The third-order valence-electron chi connectivity index (χ3n) is 3.89. The van der Waals surface area contributed by atoms with E-state index in [0.29, 0.717) is 5.92 Å². The van der Waals surface area contributed by atoms with Crippen LogP contribution < -0.4 is 10.6 Å². The van der Waals surface area contributed by atoms with Gasteiger partial charge in [-0.25, -0.2) is 0 Å². The first-order valence-corrected chi connectivity index (χ1v) is 8.68. The first kappa shape index (κ1) is 21.4. The van der Waals surface area contributed by atoms with Gasteiger partial charge in [-0.1, -0.05) is 44.2 Å². The molecule has 0 aliphatic rings. The molecule has 2 N–H and O–H groups in total. The molecule has 1 aromatic heterocycles. The van der Waals surface area contributed by atoms with Gasteiger partial charge in [-0.15, -0.1) is 34.2 Å². The van der Waals surface area contributed by atoms with Crippen LogP contribution in [0.25, 0.3) is 0 Å². The van der Waals surface area contributed by atoms with E-state index in [4.69, 9.17) is 4.99 Å². The second kappa shape index (κ2) is 11.8. The van der Waals surface area contributed by atoms with Crippen LogP contribution in [0.1, 0.15) is 38.1 Å². The van der Waals surface area contributed by atoms with E-state index in [0.717, 1.165) is 44.4 Å². The average molecular weight is 456 g/mol. The molecule has 2 rings (SSSR count). The molecule has 25 heavy (non-hydrogen) atoms. The summed E-state index contributed by atoms with van der Waals surface area (Å²) in [6, 6.07) is 10.5. The molecule has 138 valence electrons. The molecular weight excluding hydrogens is 427 g/mol. The summed E-state index contributed by atoms with van der Waals surface area (Å²) >= 11 is 0. The van der Waals surface area contributed by atoms with E-state index in [-0.39, 0.29) is 24.0 Å². The number of benzene rings is 1. The Balaban J connectivity index is 0.00000312. The Hall–Kier alpha value is -1.64. The van der Waals surface area contributed by atoms with E-state index in [1.165, 1.54) is 5.56 Å². The normalized spacial score (nSPS) is 12.4. The molecule has 0 spiro atoms. The zero-order valence-electron chi connectivity index (χ0n) is 15.3. The quantitative estimate of drug-likeness (QED) is 0.364. The Labute approximate surface area is 167 Å². The molecule has 0 aliphatic carbocycles. The smallest absolute Gasteiger partial charge is 0.191 e. The van der Waals surface area contributed by atoms with Crippen LogP contribution in [0.2, 0.25) is 0 Å². The summed E-state index contributed by atoms with van der Waals surface area (Å²) in [7, 11) is 0. The van der Waals surface area contributed by atoms with Crippen LogP contribution in [-0.4, -0.2) is 40.4 Å². The predicted octanol–water partition coefficient (Wildman–Crippen LogP) is 2.82. The molecule has 2 aromatic rings. The molecular formula is C18H29IN6. The second-order valence-electron chi connectivity index (χ2n) is 5.75. The number of rotatable bonds is 8. The number of nitrogens with one attached hydrogen (secondary N) is 2. The minimum atomic E-state index is 0. The highest BCUT2D eigenvalue weighted by atomic mass is 127. The fraction of sp³-hybridized carbons (Fsp3) is 0.500. The molecule has 0 fully saturated rings. The van der Waals surface area contributed by atoms with Crippen molar-refractivity contribution < 1.29 is 0 Å². The van der Waals surface area contributed by atoms with Crippen LogP contribution in [0.4, 0.5) is 0 Å². The molecule has 1 aromatic carbocycles. The number of nitrogens with zero attached hydrogens (tertiary/aromatic N) is 4. The molecule has 0 saturated carbocycles. The van der Waals surface area contributed by atoms with Crippen molar-refractivity contribution in [3.05, 3.63) is 48.0 Å². The van der Waals surface area contributed by atoms with Gasteiger partial charge in [0.15, 0.2) is 5.96 Å². The highest BCUT2D eigenvalue weighted by Crippen LogP contribution is 2.14. The predicted molar refractivity (Wildman–Crippen MR) is 114 cm³/mol. The first-order chi connectivity index (χ1) is 11.7. The van der Waals surface area contributed by atoms with Gasteiger partial charge in [0.1, 0.15) is 12.2 Å². The maximum absolute atomic E-state index is 4.71. The van der Waals surface area contributed by atoms with Crippen molar-refractivity contribution in [2.24, 2.45) is 4.99 Å². The fourth-order valence-electron chi connectivity index (χ4n) is 2.49. The number of hydrogen-bond donors (Lipinski definition) is 2. The fourth-order valence-corrected chi connectivity index (χ4v) is 2.49. The van der Waals surface area contributed by atoms with Crippen molar-refractivity contribution >= 4 is 29.9 Å². The number of aliphatic imine (C=N–C) groups is 1. The molecule has 1 heterocycles. The van der Waals surface area contributed by atoms with E-state index >= 15 is 0 Å². The number of halogens is 1. The standard InChI is InChI=1S/C18H28N6.HI/c1-4-17-23-22-14-24(17)12-11-20-18(19-5-2)21-13-15(3)16-9-7-6-8-10-16;/h6-10,14-15H,4-5,11-13H2,1-3H3,(H2,19,20,21);1H. The third-order valence-corrected chi connectivity index (χ3v) is 3.89. The van der Waals surface area contributed by atoms with Gasteiger partial charge in [-0.05, 0) is 12.5 Å². The Bertz CT molecular complexity index is 626. The zero-order chi connectivity index (χ0) is 17.2. The zero-order valence-corrected chi connectivity index (χ0v) is 17.6. The van der Waals surface area contributed by atoms with Crippen LogP contribution in [0.3, 0.4) is 0 Å². The van der Waals surface area contributed by atoms with Crippen molar-refractivity contribution in [3.63, 3.8) is 0 Å². The summed E-state index contributed by atoms with van der Waals surface area (Å²) in [5, 5.41) is 14.7. The minimum Gasteiger partial charge on any atom is -0.357 e. The minimum absolute atomic E-state index is 0. The third kappa shape index (κ3) is 7.01. The summed E-state index contributed by atoms with van der Waals surface area (Å²) in [4.78, 5) is 4.71. The van der Waals surface area contributed by atoms with E-state index in [1.54, 1.807) is 6.33 Å². The van der Waals surface area contributed by atoms with Crippen LogP contribution in [0, 0.1) is 0 Å². The summed E-state index contributed by atoms with van der Waals surface area (Å²) in [6.07, 6.45) is 2.67. The van der Waals surface area contributed by atoms with Gasteiger partial charge < -0.3 is 15.2 Å². The van der Waals surface area contributed by atoms with Gasteiger partial charge in [0.05, 0.1) is 0 Å². The lowest BCUT2D eigenvalue weighted by molar-refractivity contribution is 0.631. The largest absolute Gasteiger partial charge is 0.357 e. The molecule has 1 unspecified atom stereocenters. The van der Waals surface area contributed by atoms with Crippen molar-refractivity contribution in [2.45, 2.75) is 39.7 Å². The van der Waals surface area contributed by atoms with Crippen LogP contribution in [-0.2, 0) is 13.0 Å². The lowest BCUT2D eigenvalue weighted by Crippen LogP contribution is -2.39. The molecule has 0 radical (unpaired) electrons. The molecule has 0 amide bonds. The molecule has 0 saturated heterocycles. The van der Waals surface area contributed by atoms with Gasteiger partial charge in [0.25, 0.3) is 0 Å². The van der Waals surface area contributed by atoms with Crippen LogP contribution in [0.15, 0.2) is 41.7 Å². The van der Waals surface area contributed by atoms with Crippen molar-refractivity contribution in [1.29, 1.82) is 0 Å². The van der Waals surface area contributed by atoms with E-state index < -0.39 is 0 Å². The Morgan fingerprint density at radius 3 is 2.64 bits per heavy atom. The van der Waals surface area contributed by atoms with E-state index in [2.05, 4.69) is 70.4 Å². The summed E-state index contributed by atoms with van der Waals surface area (Å²) < 4.78 is 2.07. The molecule has 7 heteroatoms. The van der Waals surface area contributed by atoms with Gasteiger partial charge in [-0.3, -0.25) is 4.99 Å². The number of hydrogen-bond acceptors (Lipinski definition) is 3. The highest BCUT2D eigenvalue weighted by molar-refractivity contribution is 14.0. The summed E-state index contributed by atoms with van der Waals surface area (Å²) in [5.74, 6) is 2.26. The Kier molecular flexibility index (Phi) is 10.1. The second-order valence-corrected chi connectivity index (χ2v) is 5.75. The van der Waals surface area contributed by atoms with Crippen LogP contribution in [0.5, 0.6) is 0 Å². The summed E-state index contributed by atoms with van der Waals surface area (Å²) in [5.41, 5.74) is 1.31. The lowest BCUT2D eigenvalue weighted by Gasteiger charge is -2.14. The number of guanidine groups is 1. The van der Waals surface area contributed by atoms with Crippen molar-refractivity contribution in [3.8, 4) is 0 Å². The number of aromatic nitrogens is 3. The van der Waals surface area contributed by atoms with E-state index in [1.807, 2.05) is 6.07 Å². The molecule has 0 bridgehead atoms. The summed E-state index contributed by atoms with van der Waals surface area (Å²) in [6.45, 7) is 9.58. The maximum Gasteiger partial charge on any atom is 0.191 e. The van der Waals surface area contributed by atoms with Gasteiger partial charge in [0.2, 0.25) is 0 Å². The molecule has 6 nitrogen and oxygen atoms in total. The van der Waals surface area contributed by atoms with Gasteiger partial charge in [-0.2, -0.15) is 0 Å².